The fourth-order valence-electron chi connectivity index (χ4n) is 3.89. The molecule has 1 saturated heterocycles. The molecule has 1 aliphatic heterocycles. The van der Waals surface area contributed by atoms with Crippen LogP contribution in [-0.2, 0) is 16.0 Å². The first-order valence-electron chi connectivity index (χ1n) is 10.8. The number of para-hydroxylation sites is 2. The monoisotopic (exact) mass is 521 g/mol. The lowest BCUT2D eigenvalue weighted by atomic mass is 10.1. The number of aryl methyl sites for hydroxylation is 2. The van der Waals surface area contributed by atoms with Crippen molar-refractivity contribution in [3.8, 4) is 6.07 Å². The summed E-state index contributed by atoms with van der Waals surface area (Å²) in [4.78, 5) is 28.3. The van der Waals surface area contributed by atoms with Gasteiger partial charge in [-0.2, -0.15) is 5.26 Å². The maximum Gasteiger partial charge on any atom is 0.269 e. The van der Waals surface area contributed by atoms with Gasteiger partial charge in [0.1, 0.15) is 16.7 Å². The fraction of sp³-hybridized carbons (Fsp3) is 0.148. The third-order valence-corrected chi connectivity index (χ3v) is 7.52. The van der Waals surface area contributed by atoms with Gasteiger partial charge in [-0.3, -0.25) is 14.5 Å². The van der Waals surface area contributed by atoms with Crippen molar-refractivity contribution in [2.24, 2.45) is 0 Å². The number of amides is 2. The molecule has 176 valence electrons. The van der Waals surface area contributed by atoms with E-state index in [1.807, 2.05) is 44.2 Å². The molecule has 3 aromatic carbocycles. The Balaban J connectivity index is 1.75. The molecule has 0 aliphatic carbocycles. The molecule has 1 heterocycles. The molecular weight excluding hydrogens is 501 g/mol. The van der Waals surface area contributed by atoms with Crippen LogP contribution in [0.15, 0.2) is 77.3 Å². The molecule has 1 aliphatic rings. The Morgan fingerprint density at radius 1 is 1.06 bits per heavy atom. The number of hydrogen-bond acceptors (Lipinski definition) is 4. The molecule has 35 heavy (non-hydrogen) atoms. The summed E-state index contributed by atoms with van der Waals surface area (Å²) >= 11 is 13.7. The summed E-state index contributed by atoms with van der Waals surface area (Å²) in [6, 6.07) is 21.8. The second kappa shape index (κ2) is 10.6. The van der Waals surface area contributed by atoms with Crippen LogP contribution in [0.25, 0.3) is 0 Å². The summed E-state index contributed by atoms with van der Waals surface area (Å²) in [6.07, 6.45) is 0.299. The molecule has 8 heteroatoms. The van der Waals surface area contributed by atoms with Crippen molar-refractivity contribution < 1.29 is 9.59 Å². The standard InChI is InChI=1S/C27H21Cl2N3O2S/c1-16-7-6-8-17(2)24(16)31-25(33)21(15-30)27-32(20-9-4-3-5-10-20)26(34)23(35-27)14-18-13-19(28)11-12-22(18)29/h3-13,23H,14H2,1-2H3,(H,31,33)/b27-21+/t23-/m1/s1. The van der Waals surface area contributed by atoms with Gasteiger partial charge in [0.25, 0.3) is 5.91 Å². The maximum absolute atomic E-state index is 13.6. The van der Waals surface area contributed by atoms with Gasteiger partial charge < -0.3 is 5.32 Å². The van der Waals surface area contributed by atoms with E-state index in [9.17, 15) is 14.9 Å². The molecule has 1 atom stereocenters. The van der Waals surface area contributed by atoms with E-state index in [4.69, 9.17) is 23.2 Å². The van der Waals surface area contributed by atoms with E-state index < -0.39 is 11.2 Å². The SMILES string of the molecule is Cc1cccc(C)c1NC(=O)/C(C#N)=C1/S[C@H](Cc2cc(Cl)ccc2Cl)C(=O)N1c1ccccc1. The number of nitrogens with one attached hydrogen (secondary N) is 1. The zero-order valence-corrected chi connectivity index (χ0v) is 21.3. The smallest absolute Gasteiger partial charge is 0.269 e. The second-order valence-electron chi connectivity index (χ2n) is 8.07. The van der Waals surface area contributed by atoms with Gasteiger partial charge >= 0.3 is 0 Å². The summed E-state index contributed by atoms with van der Waals surface area (Å²) in [5.41, 5.74) is 3.57. The molecule has 1 fully saturated rings. The van der Waals surface area contributed by atoms with Crippen LogP contribution in [0.3, 0.4) is 0 Å². The quantitative estimate of drug-likeness (QED) is 0.300. The van der Waals surface area contributed by atoms with Gasteiger partial charge in [0.05, 0.1) is 5.25 Å². The van der Waals surface area contributed by atoms with Gasteiger partial charge in [-0.1, -0.05) is 71.4 Å². The lowest BCUT2D eigenvalue weighted by Gasteiger charge is -2.19. The van der Waals surface area contributed by atoms with Crippen LogP contribution in [0.1, 0.15) is 16.7 Å². The van der Waals surface area contributed by atoms with E-state index in [1.54, 1.807) is 42.5 Å². The van der Waals surface area contributed by atoms with Gasteiger partial charge in [0.15, 0.2) is 0 Å². The molecule has 4 rings (SSSR count). The van der Waals surface area contributed by atoms with Crippen molar-refractivity contribution in [3.05, 3.63) is 104 Å². The van der Waals surface area contributed by atoms with Crippen LogP contribution in [0.2, 0.25) is 10.0 Å². The van der Waals surface area contributed by atoms with Crippen LogP contribution in [0, 0.1) is 25.2 Å². The van der Waals surface area contributed by atoms with Crippen molar-refractivity contribution in [1.29, 1.82) is 5.26 Å². The second-order valence-corrected chi connectivity index (χ2v) is 10.1. The van der Waals surface area contributed by atoms with Crippen molar-refractivity contribution in [3.63, 3.8) is 0 Å². The number of rotatable bonds is 5. The Morgan fingerprint density at radius 2 is 1.74 bits per heavy atom. The van der Waals surface area contributed by atoms with Gasteiger partial charge in [-0.25, -0.2) is 0 Å². The number of carbonyl (C=O) groups excluding carboxylic acids is 2. The largest absolute Gasteiger partial charge is 0.321 e. The molecule has 2 amide bonds. The number of nitrogens with zero attached hydrogens (tertiary/aromatic N) is 2. The Morgan fingerprint density at radius 3 is 2.40 bits per heavy atom. The van der Waals surface area contributed by atoms with E-state index in [2.05, 4.69) is 5.32 Å². The van der Waals surface area contributed by atoms with E-state index >= 15 is 0 Å². The number of thioether (sulfide) groups is 1. The summed E-state index contributed by atoms with van der Waals surface area (Å²) in [5.74, 6) is -0.803. The first-order valence-corrected chi connectivity index (χ1v) is 12.4. The van der Waals surface area contributed by atoms with E-state index in [0.29, 0.717) is 27.8 Å². The van der Waals surface area contributed by atoms with Gasteiger partial charge in [0.2, 0.25) is 5.91 Å². The van der Waals surface area contributed by atoms with E-state index in [-0.39, 0.29) is 16.5 Å². The van der Waals surface area contributed by atoms with Crippen LogP contribution in [0.4, 0.5) is 11.4 Å². The highest BCUT2D eigenvalue weighted by atomic mass is 35.5. The minimum atomic E-state index is -0.586. The van der Waals surface area contributed by atoms with Crippen LogP contribution < -0.4 is 10.2 Å². The van der Waals surface area contributed by atoms with Crippen LogP contribution in [-0.4, -0.2) is 17.1 Å². The number of carbonyl (C=O) groups is 2. The average molecular weight is 522 g/mol. The minimum Gasteiger partial charge on any atom is -0.321 e. The first-order chi connectivity index (χ1) is 16.8. The molecule has 0 unspecified atom stereocenters. The molecule has 0 bridgehead atoms. The Labute approximate surface area is 218 Å². The van der Waals surface area contributed by atoms with Gasteiger partial charge in [0, 0.05) is 21.4 Å². The van der Waals surface area contributed by atoms with E-state index in [0.717, 1.165) is 16.7 Å². The van der Waals surface area contributed by atoms with Crippen molar-refractivity contribution in [2.75, 3.05) is 10.2 Å². The zero-order valence-electron chi connectivity index (χ0n) is 19.0. The number of nitriles is 1. The molecule has 0 radical (unpaired) electrons. The molecule has 5 nitrogen and oxygen atoms in total. The lowest BCUT2D eigenvalue weighted by molar-refractivity contribution is -0.117. The van der Waals surface area contributed by atoms with Crippen LogP contribution >= 0.6 is 35.0 Å². The first kappa shape index (κ1) is 24.9. The number of anilines is 2. The number of benzene rings is 3. The van der Waals surface area contributed by atoms with Crippen molar-refractivity contribution in [1.82, 2.24) is 0 Å². The highest BCUT2D eigenvalue weighted by Gasteiger charge is 2.41. The summed E-state index contributed by atoms with van der Waals surface area (Å²) < 4.78 is 0. The normalized spacial score (nSPS) is 16.7. The molecule has 0 spiro atoms. The van der Waals surface area contributed by atoms with Crippen LogP contribution in [0.5, 0.6) is 0 Å². The molecule has 3 aromatic rings. The molecular formula is C27H21Cl2N3O2S. The molecule has 1 N–H and O–H groups in total. The predicted octanol–water partition coefficient (Wildman–Crippen LogP) is 6.68. The Bertz CT molecular complexity index is 1360. The summed E-state index contributed by atoms with van der Waals surface area (Å²) in [7, 11) is 0. The van der Waals surface area contributed by atoms with Crippen molar-refractivity contribution in [2.45, 2.75) is 25.5 Å². The van der Waals surface area contributed by atoms with E-state index in [1.165, 1.54) is 16.7 Å². The van der Waals surface area contributed by atoms with Gasteiger partial charge in [-0.15, -0.1) is 0 Å². The average Bonchev–Trinajstić information content (AvgIpc) is 3.15. The van der Waals surface area contributed by atoms with Gasteiger partial charge in [-0.05, 0) is 67.3 Å². The lowest BCUT2D eigenvalue weighted by Crippen LogP contribution is -2.31. The third kappa shape index (κ3) is 5.23. The number of hydrogen-bond donors (Lipinski definition) is 1. The fourth-order valence-corrected chi connectivity index (χ4v) is 5.57. The Kier molecular flexibility index (Phi) is 7.51. The molecule has 0 saturated carbocycles. The summed E-state index contributed by atoms with van der Waals surface area (Å²) in [6.45, 7) is 3.77. The van der Waals surface area contributed by atoms with Crippen molar-refractivity contribution >= 4 is 58.2 Å². The third-order valence-electron chi connectivity index (χ3n) is 5.65. The molecule has 0 aromatic heterocycles. The Hall–Kier alpha value is -3.24. The topological polar surface area (TPSA) is 73.2 Å². The minimum absolute atomic E-state index is 0.130. The zero-order chi connectivity index (χ0) is 25.1. The predicted molar refractivity (Wildman–Crippen MR) is 143 cm³/mol. The number of halogens is 2. The highest BCUT2D eigenvalue weighted by Crippen LogP contribution is 2.42. The summed E-state index contributed by atoms with van der Waals surface area (Å²) in [5, 5.41) is 13.6. The maximum atomic E-state index is 13.6. The highest BCUT2D eigenvalue weighted by molar-refractivity contribution is 8.05.